The van der Waals surface area contributed by atoms with E-state index in [4.69, 9.17) is 0 Å². The van der Waals surface area contributed by atoms with E-state index in [1.54, 1.807) is 0 Å². The minimum atomic E-state index is -4.65. The number of amides is 1. The molecule has 1 aliphatic rings. The van der Waals surface area contributed by atoms with Crippen molar-refractivity contribution in [1.29, 1.82) is 0 Å². The Bertz CT molecular complexity index is 551. The number of β-amino-alcohol motifs (C(OH)–C–C–N with tert-alkyl or cyclic N) is 1. The van der Waals surface area contributed by atoms with Crippen molar-refractivity contribution in [3.63, 3.8) is 0 Å². The number of halogens is 3. The molecule has 1 N–H and O–H groups in total. The summed E-state index contributed by atoms with van der Waals surface area (Å²) in [6.45, 7) is 4.13. The van der Waals surface area contributed by atoms with Crippen molar-refractivity contribution in [2.24, 2.45) is 7.05 Å². The predicted molar refractivity (Wildman–Crippen MR) is 76.9 cm³/mol. The Balaban J connectivity index is 2.03. The third-order valence-corrected chi connectivity index (χ3v) is 3.93. The number of carbonyl (C=O) groups is 1. The number of rotatable bonds is 4. The fourth-order valence-electron chi connectivity index (χ4n) is 2.59. The highest BCUT2D eigenvalue weighted by Gasteiger charge is 2.40. The van der Waals surface area contributed by atoms with Crippen molar-refractivity contribution in [3.05, 3.63) is 17.5 Å². The second-order valence-corrected chi connectivity index (χ2v) is 5.72. The van der Waals surface area contributed by atoms with Gasteiger partial charge in [-0.1, -0.05) is 6.92 Å². The highest BCUT2D eigenvalue weighted by molar-refractivity contribution is 5.95. The Labute approximate surface area is 132 Å². The summed E-state index contributed by atoms with van der Waals surface area (Å²) in [5.74, 6) is -0.652. The molecule has 0 aliphatic carbocycles. The molecule has 1 fully saturated rings. The van der Waals surface area contributed by atoms with E-state index in [0.29, 0.717) is 39.1 Å². The molecule has 1 aliphatic heterocycles. The van der Waals surface area contributed by atoms with Gasteiger partial charge in [-0.3, -0.25) is 14.4 Å². The van der Waals surface area contributed by atoms with E-state index in [9.17, 15) is 23.1 Å². The summed E-state index contributed by atoms with van der Waals surface area (Å²) < 4.78 is 39.9. The van der Waals surface area contributed by atoms with Gasteiger partial charge < -0.3 is 10.0 Å². The lowest BCUT2D eigenvalue weighted by atomic mass is 10.2. The molecule has 23 heavy (non-hydrogen) atoms. The van der Waals surface area contributed by atoms with E-state index in [0.717, 1.165) is 10.9 Å². The van der Waals surface area contributed by atoms with Crippen LogP contribution in [0.2, 0.25) is 0 Å². The maximum absolute atomic E-state index is 13.0. The average Bonchev–Trinajstić information content (AvgIpc) is 2.89. The van der Waals surface area contributed by atoms with Gasteiger partial charge >= 0.3 is 6.18 Å². The summed E-state index contributed by atoms with van der Waals surface area (Å²) in [5, 5.41) is 13.0. The quantitative estimate of drug-likeness (QED) is 0.891. The Kier molecular flexibility index (Phi) is 5.30. The topological polar surface area (TPSA) is 61.6 Å². The Hall–Kier alpha value is -1.61. The van der Waals surface area contributed by atoms with Crippen molar-refractivity contribution in [1.82, 2.24) is 19.6 Å². The van der Waals surface area contributed by atoms with E-state index in [1.807, 2.05) is 11.8 Å². The van der Waals surface area contributed by atoms with Gasteiger partial charge in [0.1, 0.15) is 0 Å². The number of hydrogen-bond donors (Lipinski definition) is 1. The summed E-state index contributed by atoms with van der Waals surface area (Å²) in [4.78, 5) is 15.8. The molecule has 0 unspecified atom stereocenters. The van der Waals surface area contributed by atoms with Gasteiger partial charge in [0.05, 0.1) is 11.7 Å². The summed E-state index contributed by atoms with van der Waals surface area (Å²) in [5.41, 5.74) is -1.56. The zero-order chi connectivity index (χ0) is 17.2. The number of carbonyl (C=O) groups excluding carboxylic acids is 1. The van der Waals surface area contributed by atoms with Gasteiger partial charge in [-0.05, 0) is 6.42 Å². The van der Waals surface area contributed by atoms with E-state index >= 15 is 0 Å². The molecule has 2 heterocycles. The molecule has 0 bridgehead atoms. The number of aryl methyl sites for hydroxylation is 1. The molecule has 130 valence electrons. The summed E-state index contributed by atoms with van der Waals surface area (Å²) >= 11 is 0. The van der Waals surface area contributed by atoms with Crippen LogP contribution in [0.15, 0.2) is 6.20 Å². The van der Waals surface area contributed by atoms with Crippen LogP contribution in [0.4, 0.5) is 13.2 Å². The van der Waals surface area contributed by atoms with Crippen LogP contribution in [0.3, 0.4) is 0 Å². The molecule has 0 saturated carbocycles. The van der Waals surface area contributed by atoms with E-state index < -0.39 is 29.4 Å². The lowest BCUT2D eigenvalue weighted by Gasteiger charge is -2.35. The van der Waals surface area contributed by atoms with Crippen LogP contribution >= 0.6 is 0 Å². The fraction of sp³-hybridized carbons (Fsp3) is 0.714. The van der Waals surface area contributed by atoms with Crippen molar-refractivity contribution in [2.75, 3.05) is 32.7 Å². The van der Waals surface area contributed by atoms with E-state index in [-0.39, 0.29) is 0 Å². The van der Waals surface area contributed by atoms with Crippen LogP contribution in [-0.2, 0) is 13.2 Å². The van der Waals surface area contributed by atoms with Crippen LogP contribution in [-0.4, -0.2) is 69.4 Å². The highest BCUT2D eigenvalue weighted by Crippen LogP contribution is 2.31. The summed E-state index contributed by atoms with van der Waals surface area (Å²) in [7, 11) is 1.36. The minimum Gasteiger partial charge on any atom is -0.392 e. The Morgan fingerprint density at radius 3 is 2.48 bits per heavy atom. The number of alkyl halides is 3. The number of aromatic nitrogens is 2. The Morgan fingerprint density at radius 2 is 1.96 bits per heavy atom. The third-order valence-electron chi connectivity index (χ3n) is 3.93. The van der Waals surface area contributed by atoms with Gasteiger partial charge in [-0.15, -0.1) is 0 Å². The predicted octanol–water partition coefficient (Wildman–Crippen LogP) is 0.968. The monoisotopic (exact) mass is 334 g/mol. The number of piperazine rings is 1. The summed E-state index contributed by atoms with van der Waals surface area (Å²) in [6, 6.07) is 0. The smallest absolute Gasteiger partial charge is 0.392 e. The average molecular weight is 334 g/mol. The molecule has 1 aromatic heterocycles. The molecular formula is C14H21F3N4O2. The normalized spacial score (nSPS) is 18.3. The molecule has 9 heteroatoms. The van der Waals surface area contributed by atoms with E-state index in [2.05, 4.69) is 5.10 Å². The van der Waals surface area contributed by atoms with E-state index in [1.165, 1.54) is 11.9 Å². The van der Waals surface area contributed by atoms with Crippen molar-refractivity contribution >= 4 is 5.91 Å². The lowest BCUT2D eigenvalue weighted by molar-refractivity contribution is -0.141. The van der Waals surface area contributed by atoms with Crippen molar-refractivity contribution in [3.8, 4) is 0 Å². The fourth-order valence-corrected chi connectivity index (χ4v) is 2.59. The van der Waals surface area contributed by atoms with Gasteiger partial charge in [-0.2, -0.15) is 18.3 Å². The van der Waals surface area contributed by atoms with Crippen LogP contribution < -0.4 is 0 Å². The van der Waals surface area contributed by atoms with Crippen molar-refractivity contribution in [2.45, 2.75) is 25.6 Å². The van der Waals surface area contributed by atoms with Gasteiger partial charge in [0.2, 0.25) is 0 Å². The number of aliphatic hydroxyl groups is 1. The molecule has 0 spiro atoms. The minimum absolute atomic E-state index is 0.335. The zero-order valence-electron chi connectivity index (χ0n) is 13.2. The molecule has 2 rings (SSSR count). The first-order chi connectivity index (χ1) is 10.7. The SMILES string of the molecule is CC[C@H](O)CN1CCN(C(=O)c2cn(C)nc2C(F)(F)F)CC1. The van der Waals surface area contributed by atoms with Crippen LogP contribution in [0, 0.1) is 0 Å². The first kappa shape index (κ1) is 17.7. The van der Waals surface area contributed by atoms with Gasteiger partial charge in [-0.25, -0.2) is 0 Å². The highest BCUT2D eigenvalue weighted by atomic mass is 19.4. The number of nitrogens with zero attached hydrogens (tertiary/aromatic N) is 4. The second-order valence-electron chi connectivity index (χ2n) is 5.72. The molecule has 6 nitrogen and oxygen atoms in total. The first-order valence-corrected chi connectivity index (χ1v) is 7.53. The zero-order valence-corrected chi connectivity index (χ0v) is 13.2. The molecule has 1 amide bonds. The molecule has 0 radical (unpaired) electrons. The Morgan fingerprint density at radius 1 is 1.35 bits per heavy atom. The van der Waals surface area contributed by atoms with Crippen molar-refractivity contribution < 1.29 is 23.1 Å². The summed E-state index contributed by atoms with van der Waals surface area (Å²) in [6.07, 6.45) is -3.33. The maximum atomic E-state index is 13.0. The molecule has 1 aromatic rings. The standard InChI is InChI=1S/C14H21F3N4O2/c1-3-10(22)8-20-4-6-21(7-5-20)13(23)11-9-19(2)18-12(11)14(15,16)17/h9-10,22H,3-8H2,1-2H3/t10-/m0/s1. The second kappa shape index (κ2) is 6.88. The van der Waals surface area contributed by atoms with Crippen LogP contribution in [0.5, 0.6) is 0 Å². The van der Waals surface area contributed by atoms with Crippen LogP contribution in [0.1, 0.15) is 29.4 Å². The number of hydrogen-bond acceptors (Lipinski definition) is 4. The van der Waals surface area contributed by atoms with Gasteiger partial charge in [0.25, 0.3) is 5.91 Å². The maximum Gasteiger partial charge on any atom is 0.435 e. The number of aliphatic hydroxyl groups excluding tert-OH is 1. The van der Waals surface area contributed by atoms with Crippen LogP contribution in [0.25, 0.3) is 0 Å². The lowest BCUT2D eigenvalue weighted by Crippen LogP contribution is -2.50. The molecule has 1 saturated heterocycles. The van der Waals surface area contributed by atoms with Gasteiger partial charge in [0.15, 0.2) is 5.69 Å². The van der Waals surface area contributed by atoms with Gasteiger partial charge in [0, 0.05) is 46.0 Å². The molecule has 0 aromatic carbocycles. The molecular weight excluding hydrogens is 313 g/mol. The largest absolute Gasteiger partial charge is 0.435 e. The third kappa shape index (κ3) is 4.23. The molecule has 1 atom stereocenters. The first-order valence-electron chi connectivity index (χ1n) is 7.53.